The monoisotopic (exact) mass is 1550 g/mol. The van der Waals surface area contributed by atoms with E-state index in [1.165, 1.54) is 136 Å². The molecule has 8 rings (SSSR count). The molecule has 0 fully saturated rings. The maximum Gasteiger partial charge on any atom is 0.347 e. The number of rotatable bonds is 42. The predicted molar refractivity (Wildman–Crippen MR) is 434 cm³/mol. The van der Waals surface area contributed by atoms with E-state index in [2.05, 4.69) is 62.0 Å². The van der Waals surface area contributed by atoms with Gasteiger partial charge in [-0.25, -0.2) is 14.0 Å². The van der Waals surface area contributed by atoms with Gasteiger partial charge in [0.15, 0.2) is 46.0 Å². The third-order valence-corrected chi connectivity index (χ3v) is 18.1. The summed E-state index contributed by atoms with van der Waals surface area (Å²) in [6.45, 7) is 10.7. The first-order valence-electron chi connectivity index (χ1n) is 38.2. The first-order chi connectivity index (χ1) is 54.4. The molecule has 0 atom stereocenters. The molecule has 0 radical (unpaired) electrons. The summed E-state index contributed by atoms with van der Waals surface area (Å²) in [5, 5.41) is 27.1. The fourth-order valence-corrected chi connectivity index (χ4v) is 11.7. The quantitative estimate of drug-likeness (QED) is 0.0120. The maximum atomic E-state index is 15.1. The molecule has 4 N–H and O–H groups in total. The van der Waals surface area contributed by atoms with Gasteiger partial charge in [0.05, 0.1) is 90.8 Å². The van der Waals surface area contributed by atoms with Crippen molar-refractivity contribution in [3.8, 4) is 104 Å². The van der Waals surface area contributed by atoms with Gasteiger partial charge < -0.3 is 77.7 Å². The summed E-state index contributed by atoms with van der Waals surface area (Å²) < 4.78 is 82.4. The van der Waals surface area contributed by atoms with Crippen LogP contribution in [0, 0.1) is 29.5 Å². The van der Waals surface area contributed by atoms with E-state index in [1.54, 1.807) is 72.8 Å². The molecule has 0 spiro atoms. The minimum Gasteiger partial charge on any atom is -0.507 e. The molecule has 8 aromatic rings. The van der Waals surface area contributed by atoms with Crippen LogP contribution in [-0.4, -0.2) is 103 Å². The molecule has 0 aliphatic carbocycles. The largest absolute Gasteiger partial charge is 0.507 e. The van der Waals surface area contributed by atoms with Gasteiger partial charge >= 0.3 is 11.9 Å². The number of ether oxygens (including phenoxy) is 12. The number of hydrogen-bond acceptors (Lipinski definition) is 18. The van der Waals surface area contributed by atoms with Crippen LogP contribution in [0.4, 0.5) is 15.8 Å². The number of anilines is 2. The van der Waals surface area contributed by atoms with E-state index < -0.39 is 29.6 Å². The Hall–Kier alpha value is -11.4. The van der Waals surface area contributed by atoms with Crippen LogP contribution in [0.15, 0.2) is 133 Å². The highest BCUT2D eigenvalue weighted by Gasteiger charge is 2.25. The fraction of sp³-hybridized carbons (Fsp3) is 0.378. The van der Waals surface area contributed by atoms with E-state index in [9.17, 15) is 29.4 Å². The smallest absolute Gasteiger partial charge is 0.347 e. The molecular weight excluding hydrogens is 1450 g/mol. The average molecular weight is 1560 g/mol. The lowest BCUT2D eigenvalue weighted by Crippen LogP contribution is -2.12. The molecular formula is C90H104ClFN2O18. The summed E-state index contributed by atoms with van der Waals surface area (Å²) in [5.74, 6) is 12.0. The van der Waals surface area contributed by atoms with Gasteiger partial charge in [0.1, 0.15) is 51.4 Å². The number of phenols is 2. The zero-order chi connectivity index (χ0) is 80.6. The number of carbonyl (C=O) groups is 4. The van der Waals surface area contributed by atoms with Gasteiger partial charge in [-0.2, -0.15) is 0 Å². The number of amides is 2. The zero-order valence-corrected chi connectivity index (χ0v) is 66.6. The van der Waals surface area contributed by atoms with Crippen molar-refractivity contribution in [3.63, 3.8) is 0 Å². The van der Waals surface area contributed by atoms with Gasteiger partial charge in [-0.1, -0.05) is 166 Å². The van der Waals surface area contributed by atoms with Gasteiger partial charge in [-0.15, -0.1) is 0 Å². The van der Waals surface area contributed by atoms with Crippen LogP contribution in [0.3, 0.4) is 0 Å². The van der Waals surface area contributed by atoms with Crippen LogP contribution < -0.4 is 67.5 Å². The number of phenolic OH excluding ortho intramolecular Hbond substituents is 2. The second-order valence-corrected chi connectivity index (χ2v) is 26.5. The summed E-state index contributed by atoms with van der Waals surface area (Å²) in [5.41, 5.74) is 3.13. The minimum absolute atomic E-state index is 0.0183. The Morgan fingerprint density at radius 2 is 0.661 bits per heavy atom. The molecule has 0 unspecified atom stereocenters. The third kappa shape index (κ3) is 27.6. The normalized spacial score (nSPS) is 10.5. The highest BCUT2D eigenvalue weighted by Crippen LogP contribution is 2.40. The average Bonchev–Trinajstić information content (AvgIpc) is 0.826. The highest BCUT2D eigenvalue weighted by molar-refractivity contribution is 6.32. The van der Waals surface area contributed by atoms with Gasteiger partial charge in [0, 0.05) is 88.7 Å². The topological polar surface area (TPSA) is 244 Å². The lowest BCUT2D eigenvalue weighted by atomic mass is 10.1. The Kier molecular flexibility index (Phi) is 37.3. The van der Waals surface area contributed by atoms with Crippen molar-refractivity contribution in [2.45, 2.75) is 156 Å². The molecule has 20 nitrogen and oxygen atoms in total. The second-order valence-electron chi connectivity index (χ2n) is 26.1. The lowest BCUT2D eigenvalue weighted by Gasteiger charge is -2.15. The molecule has 8 aromatic carbocycles. The molecule has 0 aliphatic heterocycles. The van der Waals surface area contributed by atoms with Crippen molar-refractivity contribution < 1.29 is 90.6 Å². The molecule has 596 valence electrons. The van der Waals surface area contributed by atoms with Gasteiger partial charge in [-0.3, -0.25) is 9.59 Å². The molecule has 0 saturated carbocycles. The first-order valence-corrected chi connectivity index (χ1v) is 38.5. The van der Waals surface area contributed by atoms with E-state index in [1.807, 2.05) is 0 Å². The van der Waals surface area contributed by atoms with Crippen LogP contribution in [0.5, 0.6) is 80.5 Å². The summed E-state index contributed by atoms with van der Waals surface area (Å²) in [7, 11) is 8.85. The molecule has 22 heteroatoms. The number of carbonyl (C=O) groups excluding carboxylic acids is 4. The number of unbranched alkanes of at least 4 members (excludes halogenated alkanes) is 16. The second kappa shape index (κ2) is 47.6. The number of aromatic hydroxyl groups is 2. The Labute approximate surface area is 662 Å². The third-order valence-electron chi connectivity index (χ3n) is 17.8. The summed E-state index contributed by atoms with van der Waals surface area (Å²) in [4.78, 5) is 52.5. The van der Waals surface area contributed by atoms with Crippen molar-refractivity contribution >= 4 is 46.7 Å². The van der Waals surface area contributed by atoms with Gasteiger partial charge in [0.2, 0.25) is 0 Å². The van der Waals surface area contributed by atoms with Crippen LogP contribution in [0.2, 0.25) is 5.02 Å². The number of nitrogens with one attached hydrogen (secondary N) is 2. The fourth-order valence-electron chi connectivity index (χ4n) is 11.4. The number of hydrogen-bond donors (Lipinski definition) is 4. The van der Waals surface area contributed by atoms with Crippen molar-refractivity contribution in [2.24, 2.45) is 0 Å². The molecule has 112 heavy (non-hydrogen) atoms. The molecule has 0 bridgehead atoms. The standard InChI is InChI=1S/C45H52ClNO9.C45H52FNO9/c2*1-6-8-10-12-14-24-54-42-29-38(48)35(27-40(42)52-4)44(49)47-33-21-17-31(18-22-33)16-19-32-20-23-34(26-37(32)46)56-45(50)36-28-41(53-5)43(30-39(36)51-3)55-25-15-13-11-9-7-2/h2*17-18,20-23,26-30,48H,6-15,24-25H2,1-5H3,(H,47,49). The lowest BCUT2D eigenvalue weighted by molar-refractivity contribution is 0.0720. The molecule has 0 aromatic heterocycles. The van der Waals surface area contributed by atoms with E-state index in [0.717, 1.165) is 96.0 Å². The SMILES string of the molecule is CCCCCCCOc1cc(O)c(C(=O)Nc2ccc(C#Cc3ccc(OC(=O)c4cc(OC)c(OCCCCCCC)cc4OC)cc3Cl)cc2)cc1OC.CCCCCCCOc1cc(O)c(C(=O)Nc2ccc(C#Cc3ccc(OC(=O)c4cc(OC)c(OCCCCCCC)cc4OC)cc3F)cc2)cc1OC. The number of benzene rings is 8. The van der Waals surface area contributed by atoms with Crippen LogP contribution in [0.1, 0.15) is 220 Å². The molecule has 2 amide bonds. The van der Waals surface area contributed by atoms with E-state index in [0.29, 0.717) is 100 Å². The zero-order valence-electron chi connectivity index (χ0n) is 65.9. The van der Waals surface area contributed by atoms with E-state index in [4.69, 9.17) is 68.4 Å². The Balaban J connectivity index is 0.000000311. The van der Waals surface area contributed by atoms with Crippen LogP contribution in [0.25, 0.3) is 0 Å². The van der Waals surface area contributed by atoms with E-state index >= 15 is 4.39 Å². The van der Waals surface area contributed by atoms with E-state index in [-0.39, 0.29) is 67.3 Å². The minimum atomic E-state index is -0.763. The maximum absolute atomic E-state index is 15.1. The Morgan fingerprint density at radius 3 is 0.991 bits per heavy atom. The van der Waals surface area contributed by atoms with Crippen molar-refractivity contribution in [1.29, 1.82) is 0 Å². The number of esters is 2. The Bertz CT molecular complexity index is 4220. The number of methoxy groups -OCH3 is 6. The first kappa shape index (κ1) is 87.8. The molecule has 0 aliphatic rings. The van der Waals surface area contributed by atoms with Crippen molar-refractivity contribution in [2.75, 3.05) is 79.7 Å². The molecule has 0 heterocycles. The van der Waals surface area contributed by atoms with Crippen molar-refractivity contribution in [3.05, 3.63) is 189 Å². The van der Waals surface area contributed by atoms with Gasteiger partial charge in [0.25, 0.3) is 11.8 Å². The summed E-state index contributed by atoms with van der Waals surface area (Å²) >= 11 is 6.53. The van der Waals surface area contributed by atoms with Crippen molar-refractivity contribution in [1.82, 2.24) is 0 Å². The number of halogens is 2. The summed E-state index contributed by atoms with van der Waals surface area (Å²) in [6, 6.07) is 34.1. The predicted octanol–water partition coefficient (Wildman–Crippen LogP) is 20.8. The highest BCUT2D eigenvalue weighted by atomic mass is 35.5. The molecule has 0 saturated heterocycles. The van der Waals surface area contributed by atoms with Crippen LogP contribution >= 0.6 is 11.6 Å². The van der Waals surface area contributed by atoms with Crippen LogP contribution in [-0.2, 0) is 0 Å². The summed E-state index contributed by atoms with van der Waals surface area (Å²) in [6.07, 6.45) is 21.8. The Morgan fingerprint density at radius 1 is 0.348 bits per heavy atom. The van der Waals surface area contributed by atoms with Gasteiger partial charge in [-0.05, 0) is 98.5 Å².